The van der Waals surface area contributed by atoms with Gasteiger partial charge in [-0.1, -0.05) is 44.2 Å². The fourth-order valence-electron chi connectivity index (χ4n) is 0.846. The maximum atomic E-state index is 8.37. The van der Waals surface area contributed by atoms with Crippen LogP contribution in [0.4, 0.5) is 0 Å². The van der Waals surface area contributed by atoms with Gasteiger partial charge < -0.3 is 0 Å². The molecule has 0 N–H and O–H groups in total. The first kappa shape index (κ1) is 10.7. The molecule has 0 amide bonds. The van der Waals surface area contributed by atoms with E-state index in [1.807, 2.05) is 32.1 Å². The third kappa shape index (κ3) is 4.51. The fourth-order valence-corrected chi connectivity index (χ4v) is 0.846. The first-order valence-electron chi connectivity index (χ1n) is 4.32. The fraction of sp³-hybridized carbons (Fsp3) is 0.364. The van der Waals surface area contributed by atoms with E-state index in [-0.39, 0.29) is 0 Å². The second-order valence-corrected chi connectivity index (χ2v) is 2.14. The molecule has 1 aliphatic rings. The standard InChI is InChI=1S/C9H9N.C2H6/c10-8-7-9-5-3-1-2-4-6-9;1-2/h1-3,5-6H,4,7H2;1-2H3. The van der Waals surface area contributed by atoms with Crippen molar-refractivity contribution < 1.29 is 0 Å². The van der Waals surface area contributed by atoms with Gasteiger partial charge in [0.15, 0.2) is 0 Å². The van der Waals surface area contributed by atoms with Gasteiger partial charge in [0.2, 0.25) is 0 Å². The molecule has 0 atom stereocenters. The smallest absolute Gasteiger partial charge is 0.0669 e. The third-order valence-corrected chi connectivity index (χ3v) is 1.36. The van der Waals surface area contributed by atoms with Crippen LogP contribution in [0.1, 0.15) is 26.7 Å². The van der Waals surface area contributed by atoms with Gasteiger partial charge in [-0.3, -0.25) is 0 Å². The largest absolute Gasteiger partial charge is 0.198 e. The van der Waals surface area contributed by atoms with Crippen molar-refractivity contribution in [2.45, 2.75) is 26.7 Å². The first-order chi connectivity index (χ1) is 5.93. The van der Waals surface area contributed by atoms with Crippen LogP contribution in [0.15, 0.2) is 36.0 Å². The van der Waals surface area contributed by atoms with Crippen LogP contribution >= 0.6 is 0 Å². The van der Waals surface area contributed by atoms with Crippen molar-refractivity contribution in [3.63, 3.8) is 0 Å². The summed E-state index contributed by atoms with van der Waals surface area (Å²) in [5.74, 6) is 0. The van der Waals surface area contributed by atoms with Crippen LogP contribution in [0, 0.1) is 11.3 Å². The Morgan fingerprint density at radius 3 is 2.83 bits per heavy atom. The predicted molar refractivity (Wildman–Crippen MR) is 52.6 cm³/mol. The van der Waals surface area contributed by atoms with E-state index in [4.69, 9.17) is 5.26 Å². The molecule has 0 aromatic carbocycles. The van der Waals surface area contributed by atoms with E-state index in [0.29, 0.717) is 6.42 Å². The Morgan fingerprint density at radius 1 is 1.42 bits per heavy atom. The SMILES string of the molecule is CC.N#CCC1=CCC=CC=C1. The molecule has 12 heavy (non-hydrogen) atoms. The molecular weight excluding hydrogens is 146 g/mol. The van der Waals surface area contributed by atoms with Crippen LogP contribution in [-0.4, -0.2) is 0 Å². The molecule has 0 aromatic rings. The van der Waals surface area contributed by atoms with Crippen LogP contribution in [-0.2, 0) is 0 Å². The normalized spacial score (nSPS) is 13.6. The van der Waals surface area contributed by atoms with Crippen molar-refractivity contribution >= 4 is 0 Å². The molecule has 0 radical (unpaired) electrons. The summed E-state index contributed by atoms with van der Waals surface area (Å²) in [5.41, 5.74) is 1.12. The van der Waals surface area contributed by atoms with Gasteiger partial charge in [-0.25, -0.2) is 0 Å². The van der Waals surface area contributed by atoms with Gasteiger partial charge in [0.05, 0.1) is 12.5 Å². The minimum absolute atomic E-state index is 0.526. The Bertz CT molecular complexity index is 226. The molecule has 0 unspecified atom stereocenters. The van der Waals surface area contributed by atoms with Crippen LogP contribution in [0.25, 0.3) is 0 Å². The Kier molecular flexibility index (Phi) is 6.97. The van der Waals surface area contributed by atoms with Crippen LogP contribution in [0.5, 0.6) is 0 Å². The molecule has 0 saturated heterocycles. The van der Waals surface area contributed by atoms with Crippen molar-refractivity contribution in [3.8, 4) is 6.07 Å². The zero-order chi connectivity index (χ0) is 9.23. The first-order valence-corrected chi connectivity index (χ1v) is 4.32. The summed E-state index contributed by atoms with van der Waals surface area (Å²) >= 11 is 0. The summed E-state index contributed by atoms with van der Waals surface area (Å²) in [5, 5.41) is 8.37. The van der Waals surface area contributed by atoms with Crippen molar-refractivity contribution in [1.82, 2.24) is 0 Å². The summed E-state index contributed by atoms with van der Waals surface area (Å²) in [6, 6.07) is 2.12. The number of nitrogens with zero attached hydrogens (tertiary/aromatic N) is 1. The second kappa shape index (κ2) is 7.81. The molecule has 0 fully saturated rings. The van der Waals surface area contributed by atoms with Crippen molar-refractivity contribution in [1.29, 1.82) is 5.26 Å². The van der Waals surface area contributed by atoms with E-state index in [9.17, 15) is 0 Å². The van der Waals surface area contributed by atoms with Crippen LogP contribution < -0.4 is 0 Å². The molecule has 0 saturated carbocycles. The maximum Gasteiger partial charge on any atom is 0.0669 e. The van der Waals surface area contributed by atoms with E-state index in [0.717, 1.165) is 12.0 Å². The van der Waals surface area contributed by atoms with E-state index < -0.39 is 0 Å². The molecule has 1 aliphatic carbocycles. The number of hydrogen-bond donors (Lipinski definition) is 0. The highest BCUT2D eigenvalue weighted by molar-refractivity contribution is 5.28. The van der Waals surface area contributed by atoms with Gasteiger partial charge in [0, 0.05) is 0 Å². The minimum Gasteiger partial charge on any atom is -0.198 e. The van der Waals surface area contributed by atoms with Gasteiger partial charge in [-0.2, -0.15) is 5.26 Å². The van der Waals surface area contributed by atoms with Gasteiger partial charge >= 0.3 is 0 Å². The van der Waals surface area contributed by atoms with E-state index >= 15 is 0 Å². The maximum absolute atomic E-state index is 8.37. The molecule has 1 nitrogen and oxygen atoms in total. The molecule has 0 heterocycles. The van der Waals surface area contributed by atoms with Crippen LogP contribution in [0.3, 0.4) is 0 Å². The lowest BCUT2D eigenvalue weighted by Gasteiger charge is -1.89. The summed E-state index contributed by atoms with van der Waals surface area (Å²) in [6.45, 7) is 4.00. The highest BCUT2D eigenvalue weighted by Gasteiger charge is 1.90. The lowest BCUT2D eigenvalue weighted by molar-refractivity contribution is 1.24. The lowest BCUT2D eigenvalue weighted by atomic mass is 10.2. The second-order valence-electron chi connectivity index (χ2n) is 2.14. The highest BCUT2D eigenvalue weighted by atomic mass is 14.2. The molecule has 64 valence electrons. The minimum atomic E-state index is 0.526. The Morgan fingerprint density at radius 2 is 2.17 bits per heavy atom. The zero-order valence-corrected chi connectivity index (χ0v) is 7.75. The Labute approximate surface area is 74.7 Å². The molecule has 1 heteroatoms. The number of rotatable bonds is 1. The summed E-state index contributed by atoms with van der Waals surface area (Å²) in [4.78, 5) is 0. The predicted octanol–water partition coefficient (Wildman–Crippen LogP) is 3.37. The molecule has 0 bridgehead atoms. The van der Waals surface area contributed by atoms with Crippen molar-refractivity contribution in [2.24, 2.45) is 0 Å². The Balaban J connectivity index is 0.000000561. The van der Waals surface area contributed by atoms with Gasteiger partial charge in [0.25, 0.3) is 0 Å². The molecule has 1 rings (SSSR count). The van der Waals surface area contributed by atoms with E-state index in [1.165, 1.54) is 0 Å². The number of allylic oxidation sites excluding steroid dienone is 6. The molecular formula is C11H15N. The number of nitriles is 1. The van der Waals surface area contributed by atoms with E-state index in [1.54, 1.807) is 0 Å². The molecule has 0 aromatic heterocycles. The number of hydrogen-bond acceptors (Lipinski definition) is 1. The van der Waals surface area contributed by atoms with Crippen LogP contribution in [0.2, 0.25) is 0 Å². The molecule has 0 spiro atoms. The summed E-state index contributed by atoms with van der Waals surface area (Å²) < 4.78 is 0. The van der Waals surface area contributed by atoms with E-state index in [2.05, 4.69) is 18.2 Å². The van der Waals surface area contributed by atoms with Gasteiger partial charge in [-0.05, 0) is 12.0 Å². The quantitative estimate of drug-likeness (QED) is 0.578. The summed E-state index contributed by atoms with van der Waals surface area (Å²) in [6.07, 6.45) is 11.6. The topological polar surface area (TPSA) is 23.8 Å². The summed E-state index contributed by atoms with van der Waals surface area (Å²) in [7, 11) is 0. The van der Waals surface area contributed by atoms with Crippen molar-refractivity contribution in [2.75, 3.05) is 0 Å². The zero-order valence-electron chi connectivity index (χ0n) is 7.75. The third-order valence-electron chi connectivity index (χ3n) is 1.36. The lowest BCUT2D eigenvalue weighted by Crippen LogP contribution is -1.73. The van der Waals surface area contributed by atoms with Gasteiger partial charge in [0.1, 0.15) is 0 Å². The van der Waals surface area contributed by atoms with Gasteiger partial charge in [-0.15, -0.1) is 0 Å². The average Bonchev–Trinajstić information content (AvgIpc) is 2.37. The monoisotopic (exact) mass is 161 g/mol. The average molecular weight is 161 g/mol. The van der Waals surface area contributed by atoms with Crippen molar-refractivity contribution in [3.05, 3.63) is 36.0 Å². The highest BCUT2D eigenvalue weighted by Crippen LogP contribution is 2.07. The Hall–Kier alpha value is -1.29. The molecule has 0 aliphatic heterocycles.